The quantitative estimate of drug-likeness (QED) is 0.815. The lowest BCUT2D eigenvalue weighted by atomic mass is 9.97. The zero-order valence-electron chi connectivity index (χ0n) is 11.4. The van der Waals surface area contributed by atoms with Crippen molar-refractivity contribution in [1.82, 2.24) is 0 Å². The molecule has 1 atom stereocenters. The minimum absolute atomic E-state index is 0.473. The highest BCUT2D eigenvalue weighted by Crippen LogP contribution is 2.24. The van der Waals surface area contributed by atoms with Gasteiger partial charge in [-0.25, -0.2) is 0 Å². The summed E-state index contributed by atoms with van der Waals surface area (Å²) in [5.74, 6) is -0.438. The van der Waals surface area contributed by atoms with Gasteiger partial charge in [0.25, 0.3) is 0 Å². The standard InChI is InChI=1S/C17H18O2S/c1-12(17(18)19)14-5-7-15(8-6-14)16-4-2-3-13(11-16)9-10-20/h2-8,11-12,20H,9-10H2,1H3,(H,18,19). The van der Waals surface area contributed by atoms with E-state index in [-0.39, 0.29) is 0 Å². The van der Waals surface area contributed by atoms with E-state index >= 15 is 0 Å². The number of hydrogen-bond donors (Lipinski definition) is 2. The average molecular weight is 286 g/mol. The average Bonchev–Trinajstić information content (AvgIpc) is 2.47. The first-order valence-electron chi connectivity index (χ1n) is 6.64. The molecule has 0 heterocycles. The van der Waals surface area contributed by atoms with E-state index in [0.717, 1.165) is 28.9 Å². The molecular weight excluding hydrogens is 268 g/mol. The summed E-state index contributed by atoms with van der Waals surface area (Å²) < 4.78 is 0. The van der Waals surface area contributed by atoms with Crippen LogP contribution < -0.4 is 0 Å². The van der Waals surface area contributed by atoms with Gasteiger partial charge in [-0.3, -0.25) is 4.79 Å². The van der Waals surface area contributed by atoms with Crippen molar-refractivity contribution in [2.45, 2.75) is 19.3 Å². The Balaban J connectivity index is 2.25. The Hall–Kier alpha value is -1.74. The lowest BCUT2D eigenvalue weighted by molar-refractivity contribution is -0.138. The molecule has 0 spiro atoms. The summed E-state index contributed by atoms with van der Waals surface area (Å²) in [5, 5.41) is 9.01. The zero-order valence-corrected chi connectivity index (χ0v) is 12.3. The van der Waals surface area contributed by atoms with Crippen LogP contribution in [0.4, 0.5) is 0 Å². The van der Waals surface area contributed by atoms with Crippen molar-refractivity contribution in [3.8, 4) is 11.1 Å². The fraction of sp³-hybridized carbons (Fsp3) is 0.235. The number of benzene rings is 2. The third-order valence-electron chi connectivity index (χ3n) is 3.44. The Morgan fingerprint density at radius 1 is 1.15 bits per heavy atom. The van der Waals surface area contributed by atoms with Gasteiger partial charge in [0.2, 0.25) is 0 Å². The maximum absolute atomic E-state index is 11.0. The molecule has 2 aromatic rings. The minimum Gasteiger partial charge on any atom is -0.481 e. The van der Waals surface area contributed by atoms with E-state index in [0.29, 0.717) is 0 Å². The van der Waals surface area contributed by atoms with Crippen LogP contribution in [0.1, 0.15) is 24.0 Å². The summed E-state index contributed by atoms with van der Waals surface area (Å²) in [5.41, 5.74) is 4.35. The molecule has 2 aromatic carbocycles. The molecule has 0 aliphatic heterocycles. The molecule has 0 saturated heterocycles. The first-order chi connectivity index (χ1) is 9.61. The van der Waals surface area contributed by atoms with Crippen LogP contribution in [0, 0.1) is 0 Å². The maximum atomic E-state index is 11.0. The second-order valence-electron chi connectivity index (χ2n) is 4.86. The van der Waals surface area contributed by atoms with Crippen LogP contribution in [0.2, 0.25) is 0 Å². The van der Waals surface area contributed by atoms with Crippen LogP contribution in [-0.4, -0.2) is 16.8 Å². The van der Waals surface area contributed by atoms with E-state index in [9.17, 15) is 4.79 Å². The molecule has 3 heteroatoms. The molecule has 0 aromatic heterocycles. The molecule has 2 nitrogen and oxygen atoms in total. The molecule has 0 fully saturated rings. The number of thiol groups is 1. The van der Waals surface area contributed by atoms with Gasteiger partial charge in [-0.2, -0.15) is 12.6 Å². The molecule has 2 rings (SSSR count). The van der Waals surface area contributed by atoms with Crippen LogP contribution in [-0.2, 0) is 11.2 Å². The summed E-state index contributed by atoms with van der Waals surface area (Å²) in [6, 6.07) is 16.1. The summed E-state index contributed by atoms with van der Waals surface area (Å²) in [6.07, 6.45) is 0.949. The highest BCUT2D eigenvalue weighted by molar-refractivity contribution is 7.80. The Labute approximate surface area is 124 Å². The van der Waals surface area contributed by atoms with Gasteiger partial charge in [0.1, 0.15) is 0 Å². The summed E-state index contributed by atoms with van der Waals surface area (Å²) in [7, 11) is 0. The smallest absolute Gasteiger partial charge is 0.310 e. The number of carboxylic acids is 1. The molecule has 1 N–H and O–H groups in total. The summed E-state index contributed by atoms with van der Waals surface area (Å²) in [6.45, 7) is 1.70. The Bertz CT molecular complexity index is 590. The first-order valence-corrected chi connectivity index (χ1v) is 7.28. The molecule has 0 amide bonds. The van der Waals surface area contributed by atoms with E-state index in [2.05, 4.69) is 30.8 Å². The topological polar surface area (TPSA) is 37.3 Å². The van der Waals surface area contributed by atoms with E-state index in [1.54, 1.807) is 6.92 Å². The summed E-state index contributed by atoms with van der Waals surface area (Å²) >= 11 is 4.25. The van der Waals surface area contributed by atoms with Gasteiger partial charge in [0.05, 0.1) is 5.92 Å². The van der Waals surface area contributed by atoms with Gasteiger partial charge in [-0.05, 0) is 41.4 Å². The van der Waals surface area contributed by atoms with Gasteiger partial charge >= 0.3 is 5.97 Å². The Kier molecular flexibility index (Phi) is 4.85. The van der Waals surface area contributed by atoms with E-state index in [1.807, 2.05) is 30.3 Å². The van der Waals surface area contributed by atoms with Crippen molar-refractivity contribution in [3.05, 3.63) is 59.7 Å². The first kappa shape index (κ1) is 14.7. The minimum atomic E-state index is -0.798. The number of rotatable bonds is 5. The molecule has 0 bridgehead atoms. The van der Waals surface area contributed by atoms with Crippen molar-refractivity contribution in [2.75, 3.05) is 5.75 Å². The van der Waals surface area contributed by atoms with Gasteiger partial charge < -0.3 is 5.11 Å². The Morgan fingerprint density at radius 2 is 1.85 bits per heavy atom. The highest BCUT2D eigenvalue weighted by Gasteiger charge is 2.13. The molecule has 1 unspecified atom stereocenters. The van der Waals surface area contributed by atoms with Gasteiger partial charge in [-0.1, -0.05) is 48.5 Å². The number of carboxylic acid groups (broad SMARTS) is 1. The molecule has 104 valence electrons. The molecule has 20 heavy (non-hydrogen) atoms. The molecule has 0 aliphatic rings. The van der Waals surface area contributed by atoms with Crippen LogP contribution in [0.5, 0.6) is 0 Å². The predicted molar refractivity (Wildman–Crippen MR) is 85.5 cm³/mol. The van der Waals surface area contributed by atoms with Gasteiger partial charge in [-0.15, -0.1) is 0 Å². The van der Waals surface area contributed by atoms with E-state index < -0.39 is 11.9 Å². The van der Waals surface area contributed by atoms with E-state index in [4.69, 9.17) is 5.11 Å². The Morgan fingerprint density at radius 3 is 2.45 bits per heavy atom. The number of aryl methyl sites for hydroxylation is 1. The maximum Gasteiger partial charge on any atom is 0.310 e. The third-order valence-corrected chi connectivity index (χ3v) is 3.67. The number of aliphatic carboxylic acids is 1. The molecule has 0 radical (unpaired) electrons. The lowest BCUT2D eigenvalue weighted by Crippen LogP contribution is -2.06. The zero-order chi connectivity index (χ0) is 14.5. The van der Waals surface area contributed by atoms with Crippen LogP contribution in [0.3, 0.4) is 0 Å². The fourth-order valence-corrected chi connectivity index (χ4v) is 2.40. The normalized spacial score (nSPS) is 12.1. The van der Waals surface area contributed by atoms with Crippen molar-refractivity contribution >= 4 is 18.6 Å². The number of hydrogen-bond acceptors (Lipinski definition) is 2. The fourth-order valence-electron chi connectivity index (χ4n) is 2.14. The highest BCUT2D eigenvalue weighted by atomic mass is 32.1. The largest absolute Gasteiger partial charge is 0.481 e. The monoisotopic (exact) mass is 286 g/mol. The van der Waals surface area contributed by atoms with Gasteiger partial charge in [0, 0.05) is 0 Å². The molecular formula is C17H18O2S. The third kappa shape index (κ3) is 3.42. The lowest BCUT2D eigenvalue weighted by Gasteiger charge is -2.09. The van der Waals surface area contributed by atoms with Crippen molar-refractivity contribution in [3.63, 3.8) is 0 Å². The summed E-state index contributed by atoms with van der Waals surface area (Å²) in [4.78, 5) is 11.0. The molecule has 0 aliphatic carbocycles. The van der Waals surface area contributed by atoms with Crippen LogP contribution >= 0.6 is 12.6 Å². The second kappa shape index (κ2) is 6.62. The SMILES string of the molecule is CC(C(=O)O)c1ccc(-c2cccc(CCS)c2)cc1. The van der Waals surface area contributed by atoms with E-state index in [1.165, 1.54) is 5.56 Å². The number of carbonyl (C=O) groups is 1. The van der Waals surface area contributed by atoms with Crippen LogP contribution in [0.25, 0.3) is 11.1 Å². The predicted octanol–water partition coefficient (Wildman–Crippen LogP) is 4.01. The van der Waals surface area contributed by atoms with Crippen molar-refractivity contribution < 1.29 is 9.90 Å². The van der Waals surface area contributed by atoms with Crippen LogP contribution in [0.15, 0.2) is 48.5 Å². The van der Waals surface area contributed by atoms with Crippen molar-refractivity contribution in [2.24, 2.45) is 0 Å². The second-order valence-corrected chi connectivity index (χ2v) is 5.30. The molecule has 0 saturated carbocycles. The van der Waals surface area contributed by atoms with Crippen molar-refractivity contribution in [1.29, 1.82) is 0 Å². The van der Waals surface area contributed by atoms with Gasteiger partial charge in [0.15, 0.2) is 0 Å².